The lowest BCUT2D eigenvalue weighted by Crippen LogP contribution is -2.34. The molecule has 14 heavy (non-hydrogen) atoms. The summed E-state index contributed by atoms with van der Waals surface area (Å²) < 4.78 is 0. The Labute approximate surface area is 85.4 Å². The van der Waals surface area contributed by atoms with Crippen molar-refractivity contribution in [1.82, 2.24) is 4.90 Å². The van der Waals surface area contributed by atoms with Gasteiger partial charge in [0, 0.05) is 6.42 Å². The normalized spacial score (nSPS) is 10.5. The zero-order valence-electron chi connectivity index (χ0n) is 9.08. The first-order valence-corrected chi connectivity index (χ1v) is 5.06. The minimum absolute atomic E-state index is 0.225. The molecule has 0 heterocycles. The summed E-state index contributed by atoms with van der Waals surface area (Å²) in [6.07, 6.45) is 2.47. The van der Waals surface area contributed by atoms with E-state index in [4.69, 9.17) is 5.73 Å². The molecule has 0 bridgehead atoms. The smallest absolute Gasteiger partial charge is 0.231 e. The van der Waals surface area contributed by atoms with E-state index in [0.29, 0.717) is 13.0 Å². The van der Waals surface area contributed by atoms with E-state index in [1.54, 1.807) is 6.92 Å². The van der Waals surface area contributed by atoms with Gasteiger partial charge in [0.1, 0.15) is 5.78 Å². The van der Waals surface area contributed by atoms with Gasteiger partial charge in [0.15, 0.2) is 0 Å². The molecule has 0 unspecified atom stereocenters. The minimum atomic E-state index is -0.293. The van der Waals surface area contributed by atoms with Gasteiger partial charge in [-0.2, -0.15) is 0 Å². The fourth-order valence-electron chi connectivity index (χ4n) is 1.28. The lowest BCUT2D eigenvalue weighted by atomic mass is 10.2. The van der Waals surface area contributed by atoms with Gasteiger partial charge in [-0.25, -0.2) is 0 Å². The summed E-state index contributed by atoms with van der Waals surface area (Å²) in [5.74, 6) is -0.0682. The van der Waals surface area contributed by atoms with Gasteiger partial charge < -0.3 is 10.5 Å². The lowest BCUT2D eigenvalue weighted by molar-refractivity contribution is -0.119. The van der Waals surface area contributed by atoms with Crippen LogP contribution in [0.3, 0.4) is 0 Å². The number of carbonyl (C=O) groups is 2. The fraction of sp³-hybridized carbons (Fsp3) is 0.800. The highest BCUT2D eigenvalue weighted by molar-refractivity contribution is 5.76. The maximum absolute atomic E-state index is 10.6. The second-order valence-corrected chi connectivity index (χ2v) is 3.49. The summed E-state index contributed by atoms with van der Waals surface area (Å²) in [6.45, 7) is 5.57. The molecule has 82 valence electrons. The number of amides is 1. The van der Waals surface area contributed by atoms with Crippen LogP contribution in [-0.2, 0) is 9.59 Å². The van der Waals surface area contributed by atoms with Gasteiger partial charge in [0.25, 0.3) is 0 Å². The van der Waals surface area contributed by atoms with Crippen LogP contribution in [0.15, 0.2) is 0 Å². The number of nitrogens with two attached hydrogens (primary N) is 1. The molecular weight excluding hydrogens is 180 g/mol. The maximum Gasteiger partial charge on any atom is 0.231 e. The Morgan fingerprint density at radius 2 is 1.93 bits per heavy atom. The Kier molecular flexibility index (Phi) is 7.02. The lowest BCUT2D eigenvalue weighted by Gasteiger charge is -2.17. The molecule has 0 spiro atoms. The van der Waals surface area contributed by atoms with Crippen LogP contribution in [0.4, 0.5) is 0 Å². The Balaban J connectivity index is 3.52. The Bertz CT molecular complexity index is 193. The van der Waals surface area contributed by atoms with Crippen molar-refractivity contribution in [2.75, 3.05) is 19.6 Å². The molecule has 0 fully saturated rings. The van der Waals surface area contributed by atoms with Gasteiger partial charge in [-0.1, -0.05) is 6.92 Å². The zero-order valence-corrected chi connectivity index (χ0v) is 9.08. The van der Waals surface area contributed by atoms with Crippen molar-refractivity contribution >= 4 is 11.7 Å². The summed E-state index contributed by atoms with van der Waals surface area (Å²) in [7, 11) is 0. The van der Waals surface area contributed by atoms with E-state index in [1.165, 1.54) is 0 Å². The van der Waals surface area contributed by atoms with E-state index in [1.807, 2.05) is 11.8 Å². The summed E-state index contributed by atoms with van der Waals surface area (Å²) >= 11 is 0. The van der Waals surface area contributed by atoms with Gasteiger partial charge in [0.2, 0.25) is 5.91 Å². The highest BCUT2D eigenvalue weighted by Crippen LogP contribution is 1.99. The average molecular weight is 200 g/mol. The average Bonchev–Trinajstić information content (AvgIpc) is 2.09. The van der Waals surface area contributed by atoms with Crippen LogP contribution in [0.25, 0.3) is 0 Å². The molecule has 2 N–H and O–H groups in total. The van der Waals surface area contributed by atoms with E-state index in [9.17, 15) is 9.59 Å². The number of primary amides is 1. The standard InChI is InChI=1S/C10H20N2O2/c1-3-12(8-10(11)14)7-5-4-6-9(2)13/h3-8H2,1-2H3,(H2,11,14). The largest absolute Gasteiger partial charge is 0.369 e. The summed E-state index contributed by atoms with van der Waals surface area (Å²) in [6, 6.07) is 0. The van der Waals surface area contributed by atoms with Crippen LogP contribution in [0, 0.1) is 0 Å². The van der Waals surface area contributed by atoms with Crippen molar-refractivity contribution in [3.63, 3.8) is 0 Å². The number of unbranched alkanes of at least 4 members (excludes halogenated alkanes) is 1. The molecule has 4 nitrogen and oxygen atoms in total. The molecule has 0 aliphatic rings. The van der Waals surface area contributed by atoms with Crippen molar-refractivity contribution in [3.05, 3.63) is 0 Å². The number of carbonyl (C=O) groups excluding carboxylic acids is 2. The second-order valence-electron chi connectivity index (χ2n) is 3.49. The topological polar surface area (TPSA) is 63.4 Å². The van der Waals surface area contributed by atoms with E-state index >= 15 is 0 Å². The van der Waals surface area contributed by atoms with Crippen LogP contribution in [0.1, 0.15) is 33.1 Å². The monoisotopic (exact) mass is 200 g/mol. The van der Waals surface area contributed by atoms with E-state index in [2.05, 4.69) is 0 Å². The molecule has 1 amide bonds. The predicted octanol–water partition coefficient (Wildman–Crippen LogP) is 0.553. The molecule has 0 aromatic carbocycles. The van der Waals surface area contributed by atoms with Gasteiger partial charge >= 0.3 is 0 Å². The summed E-state index contributed by atoms with van der Waals surface area (Å²) in [4.78, 5) is 23.3. The number of likely N-dealkylation sites (N-methyl/N-ethyl adjacent to an activating group) is 1. The molecule has 0 saturated carbocycles. The molecule has 0 radical (unpaired) electrons. The summed E-state index contributed by atoms with van der Waals surface area (Å²) in [5.41, 5.74) is 5.09. The van der Waals surface area contributed by atoms with E-state index in [0.717, 1.165) is 25.9 Å². The van der Waals surface area contributed by atoms with Crippen molar-refractivity contribution < 1.29 is 9.59 Å². The number of hydrogen-bond acceptors (Lipinski definition) is 3. The molecule has 0 aliphatic carbocycles. The predicted molar refractivity (Wildman–Crippen MR) is 55.8 cm³/mol. The minimum Gasteiger partial charge on any atom is -0.369 e. The zero-order chi connectivity index (χ0) is 11.0. The van der Waals surface area contributed by atoms with Gasteiger partial charge in [0.05, 0.1) is 6.54 Å². The number of ketones is 1. The second kappa shape index (κ2) is 7.50. The Hall–Kier alpha value is -0.900. The molecule has 0 aromatic heterocycles. The van der Waals surface area contributed by atoms with Crippen molar-refractivity contribution in [3.8, 4) is 0 Å². The van der Waals surface area contributed by atoms with E-state index < -0.39 is 0 Å². The van der Waals surface area contributed by atoms with Crippen molar-refractivity contribution in [2.24, 2.45) is 5.73 Å². The molecule has 0 rings (SSSR count). The van der Waals surface area contributed by atoms with Gasteiger partial charge in [-0.15, -0.1) is 0 Å². The third-order valence-electron chi connectivity index (χ3n) is 2.08. The third kappa shape index (κ3) is 7.73. The first kappa shape index (κ1) is 13.1. The number of hydrogen-bond donors (Lipinski definition) is 1. The van der Waals surface area contributed by atoms with Gasteiger partial charge in [-0.3, -0.25) is 9.69 Å². The fourth-order valence-corrected chi connectivity index (χ4v) is 1.28. The van der Waals surface area contributed by atoms with E-state index in [-0.39, 0.29) is 11.7 Å². The number of rotatable bonds is 8. The SMILES string of the molecule is CCN(CCCCC(C)=O)CC(N)=O. The van der Waals surface area contributed by atoms with Crippen molar-refractivity contribution in [1.29, 1.82) is 0 Å². The maximum atomic E-state index is 10.6. The molecule has 4 heteroatoms. The Morgan fingerprint density at radius 3 is 2.36 bits per heavy atom. The van der Waals surface area contributed by atoms with Crippen LogP contribution in [0.5, 0.6) is 0 Å². The number of Topliss-reactive ketones (excluding diaryl/α,β-unsaturated/α-hetero) is 1. The molecular formula is C10H20N2O2. The Morgan fingerprint density at radius 1 is 1.29 bits per heavy atom. The highest BCUT2D eigenvalue weighted by atomic mass is 16.1. The van der Waals surface area contributed by atoms with Gasteiger partial charge in [-0.05, 0) is 32.9 Å². The third-order valence-corrected chi connectivity index (χ3v) is 2.08. The molecule has 0 aliphatic heterocycles. The molecule has 0 atom stereocenters. The van der Waals surface area contributed by atoms with Crippen molar-refractivity contribution in [2.45, 2.75) is 33.1 Å². The molecule has 0 saturated heterocycles. The van der Waals surface area contributed by atoms with Crippen LogP contribution < -0.4 is 5.73 Å². The quantitative estimate of drug-likeness (QED) is 0.582. The van der Waals surface area contributed by atoms with Crippen LogP contribution in [-0.4, -0.2) is 36.2 Å². The van der Waals surface area contributed by atoms with Crippen LogP contribution in [0.2, 0.25) is 0 Å². The van der Waals surface area contributed by atoms with Crippen LogP contribution >= 0.6 is 0 Å². The summed E-state index contributed by atoms with van der Waals surface area (Å²) in [5, 5.41) is 0. The highest BCUT2D eigenvalue weighted by Gasteiger charge is 2.05. The first-order valence-electron chi connectivity index (χ1n) is 5.06. The number of nitrogens with zero attached hydrogens (tertiary/aromatic N) is 1. The first-order chi connectivity index (χ1) is 6.56. The molecule has 0 aromatic rings.